The molecule has 0 aliphatic carbocycles. The van der Waals surface area contributed by atoms with Gasteiger partial charge in [0, 0.05) is 24.2 Å². The summed E-state index contributed by atoms with van der Waals surface area (Å²) in [6.45, 7) is 4.77. The number of benzene rings is 2. The normalized spacial score (nSPS) is 12.1. The number of methoxy groups -OCH3 is 2. The van der Waals surface area contributed by atoms with E-state index in [9.17, 15) is 5.11 Å². The van der Waals surface area contributed by atoms with E-state index in [0.29, 0.717) is 24.1 Å². The summed E-state index contributed by atoms with van der Waals surface area (Å²) in [7, 11) is 3.26. The maximum atomic E-state index is 10.1. The van der Waals surface area contributed by atoms with Gasteiger partial charge < -0.3 is 24.6 Å². The zero-order valence-corrected chi connectivity index (χ0v) is 15.3. The van der Waals surface area contributed by atoms with Crippen LogP contribution in [0.25, 0.3) is 11.1 Å². The van der Waals surface area contributed by atoms with Crippen LogP contribution in [0.15, 0.2) is 42.5 Å². The lowest BCUT2D eigenvalue weighted by Gasteiger charge is -2.17. The van der Waals surface area contributed by atoms with Crippen molar-refractivity contribution in [1.82, 2.24) is 5.32 Å². The fourth-order valence-corrected chi connectivity index (χ4v) is 2.37. The van der Waals surface area contributed by atoms with E-state index >= 15 is 0 Å². The number of hydrogen-bond donors (Lipinski definition) is 2. The number of aliphatic hydroxyl groups excluding tert-OH is 1. The zero-order chi connectivity index (χ0) is 18.2. The number of aliphatic hydroxyl groups is 1. The van der Waals surface area contributed by atoms with Crippen molar-refractivity contribution in [3.63, 3.8) is 0 Å². The summed E-state index contributed by atoms with van der Waals surface area (Å²) >= 11 is 0. The molecule has 2 aromatic rings. The number of rotatable bonds is 9. The van der Waals surface area contributed by atoms with Crippen LogP contribution < -0.4 is 19.5 Å². The van der Waals surface area contributed by atoms with Crippen LogP contribution in [0.1, 0.15) is 13.8 Å². The Balaban J connectivity index is 2.16. The van der Waals surface area contributed by atoms with Gasteiger partial charge in [0.05, 0.1) is 14.2 Å². The predicted molar refractivity (Wildman–Crippen MR) is 99.6 cm³/mol. The van der Waals surface area contributed by atoms with E-state index < -0.39 is 6.10 Å². The van der Waals surface area contributed by atoms with Crippen molar-refractivity contribution in [3.8, 4) is 28.4 Å². The van der Waals surface area contributed by atoms with Crippen molar-refractivity contribution in [2.45, 2.75) is 26.0 Å². The van der Waals surface area contributed by atoms with Crippen LogP contribution in [-0.2, 0) is 0 Å². The Labute approximate surface area is 149 Å². The molecular formula is C20H27NO4. The highest BCUT2D eigenvalue weighted by Crippen LogP contribution is 2.34. The van der Waals surface area contributed by atoms with E-state index in [1.807, 2.05) is 56.3 Å². The summed E-state index contributed by atoms with van der Waals surface area (Å²) in [5.41, 5.74) is 1.95. The van der Waals surface area contributed by atoms with Crippen LogP contribution in [0.3, 0.4) is 0 Å². The standard InChI is InChI=1S/C20H27NO4/c1-14(2)21-12-16(22)13-25-20-11-18(24-4)9-10-19(20)15-5-7-17(23-3)8-6-15/h5-11,14,16,21-22H,12-13H2,1-4H3. The molecule has 0 amide bonds. The van der Waals surface area contributed by atoms with Crippen LogP contribution in [0, 0.1) is 0 Å². The third-order valence-corrected chi connectivity index (χ3v) is 3.78. The molecule has 5 nitrogen and oxygen atoms in total. The van der Waals surface area contributed by atoms with Gasteiger partial charge in [0.25, 0.3) is 0 Å². The second kappa shape index (κ2) is 9.30. The van der Waals surface area contributed by atoms with Gasteiger partial charge in [0.1, 0.15) is 30.0 Å². The van der Waals surface area contributed by atoms with E-state index in [2.05, 4.69) is 5.32 Å². The molecule has 2 rings (SSSR count). The molecule has 2 N–H and O–H groups in total. The van der Waals surface area contributed by atoms with E-state index in [1.165, 1.54) is 0 Å². The molecule has 0 radical (unpaired) electrons. The SMILES string of the molecule is COc1ccc(-c2ccc(OC)cc2OCC(O)CNC(C)C)cc1. The first-order valence-electron chi connectivity index (χ1n) is 8.40. The molecule has 0 aliphatic rings. The third kappa shape index (κ3) is 5.66. The maximum absolute atomic E-state index is 10.1. The molecule has 136 valence electrons. The van der Waals surface area contributed by atoms with Crippen LogP contribution in [0.4, 0.5) is 0 Å². The van der Waals surface area contributed by atoms with Gasteiger partial charge >= 0.3 is 0 Å². The van der Waals surface area contributed by atoms with Crippen molar-refractivity contribution in [2.24, 2.45) is 0 Å². The molecule has 0 heterocycles. The largest absolute Gasteiger partial charge is 0.497 e. The average Bonchev–Trinajstić information content (AvgIpc) is 2.64. The Morgan fingerprint density at radius 2 is 1.60 bits per heavy atom. The molecule has 1 unspecified atom stereocenters. The Kier molecular flexibility index (Phi) is 7.10. The topological polar surface area (TPSA) is 60.0 Å². The maximum Gasteiger partial charge on any atom is 0.130 e. The third-order valence-electron chi connectivity index (χ3n) is 3.78. The van der Waals surface area contributed by atoms with Gasteiger partial charge in [-0.2, -0.15) is 0 Å². The van der Waals surface area contributed by atoms with E-state index in [-0.39, 0.29) is 6.61 Å². The minimum atomic E-state index is -0.586. The van der Waals surface area contributed by atoms with E-state index in [4.69, 9.17) is 14.2 Å². The van der Waals surface area contributed by atoms with Crippen molar-refractivity contribution in [2.75, 3.05) is 27.4 Å². The predicted octanol–water partition coefficient (Wildman–Crippen LogP) is 3.11. The smallest absolute Gasteiger partial charge is 0.130 e. The highest BCUT2D eigenvalue weighted by molar-refractivity contribution is 5.72. The minimum absolute atomic E-state index is 0.204. The van der Waals surface area contributed by atoms with E-state index in [0.717, 1.165) is 16.9 Å². The second-order valence-corrected chi connectivity index (χ2v) is 6.12. The minimum Gasteiger partial charge on any atom is -0.497 e. The lowest BCUT2D eigenvalue weighted by Crippen LogP contribution is -2.35. The second-order valence-electron chi connectivity index (χ2n) is 6.12. The van der Waals surface area contributed by atoms with Gasteiger partial charge in [-0.25, -0.2) is 0 Å². The molecule has 25 heavy (non-hydrogen) atoms. The summed E-state index contributed by atoms with van der Waals surface area (Å²) in [5, 5.41) is 13.3. The van der Waals surface area contributed by atoms with Crippen LogP contribution in [-0.4, -0.2) is 44.6 Å². The molecule has 5 heteroatoms. The molecule has 0 aromatic heterocycles. The monoisotopic (exact) mass is 345 g/mol. The van der Waals surface area contributed by atoms with Crippen molar-refractivity contribution in [1.29, 1.82) is 0 Å². The van der Waals surface area contributed by atoms with Gasteiger partial charge in [-0.3, -0.25) is 0 Å². The number of hydrogen-bond acceptors (Lipinski definition) is 5. The summed E-state index contributed by atoms with van der Waals surface area (Å²) in [4.78, 5) is 0. The molecule has 0 saturated heterocycles. The summed E-state index contributed by atoms with van der Waals surface area (Å²) in [6.07, 6.45) is -0.586. The number of nitrogens with one attached hydrogen (secondary N) is 1. The molecule has 1 atom stereocenters. The lowest BCUT2D eigenvalue weighted by molar-refractivity contribution is 0.105. The fourth-order valence-electron chi connectivity index (χ4n) is 2.37. The molecule has 0 aliphatic heterocycles. The fraction of sp³-hybridized carbons (Fsp3) is 0.400. The molecule has 2 aromatic carbocycles. The Morgan fingerprint density at radius 1 is 0.960 bits per heavy atom. The Morgan fingerprint density at radius 3 is 2.20 bits per heavy atom. The first kappa shape index (κ1) is 19.1. The lowest BCUT2D eigenvalue weighted by atomic mass is 10.0. The molecule has 0 spiro atoms. The van der Waals surface area contributed by atoms with Crippen molar-refractivity contribution < 1.29 is 19.3 Å². The molecule has 0 fully saturated rings. The van der Waals surface area contributed by atoms with Crippen LogP contribution in [0.5, 0.6) is 17.2 Å². The summed E-state index contributed by atoms with van der Waals surface area (Å²) < 4.78 is 16.4. The van der Waals surface area contributed by atoms with Crippen molar-refractivity contribution in [3.05, 3.63) is 42.5 Å². The summed E-state index contributed by atoms with van der Waals surface area (Å²) in [5.74, 6) is 2.19. The molecule has 0 bridgehead atoms. The van der Waals surface area contributed by atoms with Gasteiger partial charge in [0.2, 0.25) is 0 Å². The van der Waals surface area contributed by atoms with Crippen LogP contribution >= 0.6 is 0 Å². The van der Waals surface area contributed by atoms with Gasteiger partial charge in [-0.1, -0.05) is 26.0 Å². The van der Waals surface area contributed by atoms with E-state index in [1.54, 1.807) is 14.2 Å². The molecule has 0 saturated carbocycles. The van der Waals surface area contributed by atoms with Gasteiger partial charge in [-0.15, -0.1) is 0 Å². The van der Waals surface area contributed by atoms with Crippen LogP contribution in [0.2, 0.25) is 0 Å². The average molecular weight is 345 g/mol. The van der Waals surface area contributed by atoms with Gasteiger partial charge in [0.15, 0.2) is 0 Å². The Hall–Kier alpha value is -2.24. The highest BCUT2D eigenvalue weighted by Gasteiger charge is 2.12. The quantitative estimate of drug-likeness (QED) is 0.731. The Bertz CT molecular complexity index is 655. The first-order chi connectivity index (χ1) is 12.0. The molecular weight excluding hydrogens is 318 g/mol. The first-order valence-corrected chi connectivity index (χ1v) is 8.40. The summed E-state index contributed by atoms with van der Waals surface area (Å²) in [6, 6.07) is 13.8. The number of ether oxygens (including phenoxy) is 3. The highest BCUT2D eigenvalue weighted by atomic mass is 16.5. The zero-order valence-electron chi connectivity index (χ0n) is 15.3. The van der Waals surface area contributed by atoms with Crippen molar-refractivity contribution >= 4 is 0 Å². The van der Waals surface area contributed by atoms with Gasteiger partial charge in [-0.05, 0) is 29.8 Å².